The minimum absolute atomic E-state index is 0.0394. The highest BCUT2D eigenvalue weighted by molar-refractivity contribution is 5.93. The average molecular weight is 332 g/mol. The van der Waals surface area contributed by atoms with Gasteiger partial charge in [-0.15, -0.1) is 0 Å². The van der Waals surface area contributed by atoms with Crippen molar-refractivity contribution >= 4 is 5.91 Å². The molecule has 2 saturated heterocycles. The third kappa shape index (κ3) is 3.10. The van der Waals surface area contributed by atoms with E-state index in [1.807, 2.05) is 4.90 Å². The number of nitrogens with zero attached hydrogens (tertiary/aromatic N) is 2. The van der Waals surface area contributed by atoms with Crippen molar-refractivity contribution in [2.24, 2.45) is 5.41 Å². The first-order valence-corrected chi connectivity index (χ1v) is 9.62. The van der Waals surface area contributed by atoms with Gasteiger partial charge in [0.15, 0.2) is 17.8 Å². The lowest BCUT2D eigenvalue weighted by atomic mass is 9.74. The summed E-state index contributed by atoms with van der Waals surface area (Å²) >= 11 is 0. The Kier molecular flexibility index (Phi) is 4.61. The molecule has 2 aliphatic heterocycles. The number of likely N-dealkylation sites (tertiary alicyclic amines) is 1. The summed E-state index contributed by atoms with van der Waals surface area (Å²) in [5.74, 6) is 0.676. The van der Waals surface area contributed by atoms with Crippen molar-refractivity contribution in [1.29, 1.82) is 0 Å². The molecule has 1 saturated carbocycles. The molecule has 3 aliphatic rings. The summed E-state index contributed by atoms with van der Waals surface area (Å²) in [4.78, 5) is 19.4. The summed E-state index contributed by atoms with van der Waals surface area (Å²) in [5.41, 5.74) is 0.825. The quantitative estimate of drug-likeness (QED) is 0.818. The number of carbonyl (C=O) groups is 1. The molecule has 1 aliphatic carbocycles. The molecule has 1 aromatic heterocycles. The predicted octanol–water partition coefficient (Wildman–Crippen LogP) is 4.10. The van der Waals surface area contributed by atoms with E-state index < -0.39 is 0 Å². The third-order valence-electron chi connectivity index (χ3n) is 6.13. The SMILES string of the molecule is O=C(c1ncoc1[C@H]1CCCO1)N1CCCC2(CCCCCC2)C1. The van der Waals surface area contributed by atoms with Crippen LogP contribution in [0, 0.1) is 5.41 Å². The highest BCUT2D eigenvalue weighted by Gasteiger charge is 2.39. The maximum absolute atomic E-state index is 13.1. The molecule has 3 heterocycles. The summed E-state index contributed by atoms with van der Waals surface area (Å²) in [6.45, 7) is 2.48. The van der Waals surface area contributed by atoms with E-state index in [1.165, 1.54) is 51.3 Å². The number of hydrogen-bond donors (Lipinski definition) is 0. The fraction of sp³-hybridized carbons (Fsp3) is 0.789. The van der Waals surface area contributed by atoms with Crippen LogP contribution in [0.1, 0.15) is 86.6 Å². The molecular formula is C19H28N2O3. The second kappa shape index (κ2) is 6.87. The highest BCUT2D eigenvalue weighted by atomic mass is 16.5. The zero-order valence-corrected chi connectivity index (χ0v) is 14.5. The van der Waals surface area contributed by atoms with Gasteiger partial charge in [-0.3, -0.25) is 4.79 Å². The first kappa shape index (κ1) is 16.1. The van der Waals surface area contributed by atoms with Crippen molar-refractivity contribution in [3.05, 3.63) is 17.8 Å². The zero-order valence-electron chi connectivity index (χ0n) is 14.5. The number of carbonyl (C=O) groups excluding carboxylic acids is 1. The molecule has 0 N–H and O–H groups in total. The van der Waals surface area contributed by atoms with Gasteiger partial charge >= 0.3 is 0 Å². The van der Waals surface area contributed by atoms with Crippen LogP contribution in [-0.2, 0) is 4.74 Å². The molecule has 0 unspecified atom stereocenters. The monoisotopic (exact) mass is 332 g/mol. The molecule has 0 radical (unpaired) electrons. The van der Waals surface area contributed by atoms with Crippen LogP contribution < -0.4 is 0 Å². The maximum atomic E-state index is 13.1. The van der Waals surface area contributed by atoms with E-state index in [9.17, 15) is 4.79 Å². The standard InChI is InChI=1S/C19H28N2O3/c22-18(16-17(24-14-20-16)15-7-5-12-23-15)21-11-6-10-19(13-21)8-3-1-2-4-9-19/h14-15H,1-13H2/t15-/m1/s1. The lowest BCUT2D eigenvalue weighted by Crippen LogP contribution is -2.46. The Bertz CT molecular complexity index is 569. The molecule has 1 amide bonds. The van der Waals surface area contributed by atoms with Crippen molar-refractivity contribution in [2.45, 2.75) is 70.3 Å². The van der Waals surface area contributed by atoms with E-state index >= 15 is 0 Å². The van der Waals surface area contributed by atoms with E-state index in [-0.39, 0.29) is 12.0 Å². The first-order chi connectivity index (χ1) is 11.8. The van der Waals surface area contributed by atoms with E-state index in [1.54, 1.807) is 0 Å². The Hall–Kier alpha value is -1.36. The van der Waals surface area contributed by atoms with Gasteiger partial charge in [0, 0.05) is 19.7 Å². The van der Waals surface area contributed by atoms with E-state index in [0.29, 0.717) is 16.9 Å². The van der Waals surface area contributed by atoms with Crippen molar-refractivity contribution < 1.29 is 13.9 Å². The fourth-order valence-electron chi connectivity index (χ4n) is 4.85. The van der Waals surface area contributed by atoms with Gasteiger partial charge in [-0.25, -0.2) is 4.98 Å². The molecule has 4 rings (SSSR count). The van der Waals surface area contributed by atoms with Gasteiger partial charge in [0.05, 0.1) is 0 Å². The lowest BCUT2D eigenvalue weighted by Gasteiger charge is -2.42. The summed E-state index contributed by atoms with van der Waals surface area (Å²) in [7, 11) is 0. The van der Waals surface area contributed by atoms with Crippen LogP contribution >= 0.6 is 0 Å². The van der Waals surface area contributed by atoms with E-state index in [0.717, 1.165) is 39.0 Å². The van der Waals surface area contributed by atoms with Crippen LogP contribution in [0.4, 0.5) is 0 Å². The Labute approximate surface area is 143 Å². The second-order valence-electron chi connectivity index (χ2n) is 7.81. The molecule has 5 heteroatoms. The Balaban J connectivity index is 1.51. The van der Waals surface area contributed by atoms with E-state index in [4.69, 9.17) is 9.15 Å². The van der Waals surface area contributed by atoms with Gasteiger partial charge in [-0.2, -0.15) is 0 Å². The molecule has 24 heavy (non-hydrogen) atoms. The Morgan fingerprint density at radius 1 is 1.12 bits per heavy atom. The van der Waals surface area contributed by atoms with Crippen LogP contribution in [0.3, 0.4) is 0 Å². The molecular weight excluding hydrogens is 304 g/mol. The van der Waals surface area contributed by atoms with Crippen molar-refractivity contribution in [3.63, 3.8) is 0 Å². The number of amides is 1. The second-order valence-corrected chi connectivity index (χ2v) is 7.81. The first-order valence-electron chi connectivity index (χ1n) is 9.62. The van der Waals surface area contributed by atoms with Gasteiger partial charge in [-0.05, 0) is 43.9 Å². The third-order valence-corrected chi connectivity index (χ3v) is 6.13. The molecule has 1 atom stereocenters. The average Bonchev–Trinajstić information content (AvgIpc) is 3.24. The summed E-state index contributed by atoms with van der Waals surface area (Å²) in [6.07, 6.45) is 13.5. The molecule has 1 spiro atoms. The van der Waals surface area contributed by atoms with Crippen LogP contribution in [0.25, 0.3) is 0 Å². The summed E-state index contributed by atoms with van der Waals surface area (Å²) in [5, 5.41) is 0. The Morgan fingerprint density at radius 2 is 1.92 bits per heavy atom. The minimum Gasteiger partial charge on any atom is -0.445 e. The number of hydrogen-bond acceptors (Lipinski definition) is 4. The molecule has 132 valence electrons. The predicted molar refractivity (Wildman–Crippen MR) is 89.7 cm³/mol. The Morgan fingerprint density at radius 3 is 2.67 bits per heavy atom. The zero-order chi connectivity index (χ0) is 16.4. The van der Waals surface area contributed by atoms with Gasteiger partial charge in [0.25, 0.3) is 5.91 Å². The summed E-state index contributed by atoms with van der Waals surface area (Å²) < 4.78 is 11.2. The van der Waals surface area contributed by atoms with Gasteiger partial charge < -0.3 is 14.1 Å². The number of aromatic nitrogens is 1. The van der Waals surface area contributed by atoms with Crippen LogP contribution in [-0.4, -0.2) is 35.5 Å². The highest BCUT2D eigenvalue weighted by Crippen LogP contribution is 2.42. The fourth-order valence-corrected chi connectivity index (χ4v) is 4.85. The molecule has 1 aromatic rings. The lowest BCUT2D eigenvalue weighted by molar-refractivity contribution is 0.0446. The van der Waals surface area contributed by atoms with Gasteiger partial charge in [-0.1, -0.05) is 25.7 Å². The largest absolute Gasteiger partial charge is 0.445 e. The van der Waals surface area contributed by atoms with Crippen molar-refractivity contribution in [1.82, 2.24) is 9.88 Å². The number of ether oxygens (including phenoxy) is 1. The maximum Gasteiger partial charge on any atom is 0.276 e. The normalized spacial score (nSPS) is 27.3. The van der Waals surface area contributed by atoms with Gasteiger partial charge in [0.1, 0.15) is 6.10 Å². The van der Waals surface area contributed by atoms with Crippen molar-refractivity contribution in [2.75, 3.05) is 19.7 Å². The molecule has 0 bridgehead atoms. The molecule has 3 fully saturated rings. The number of rotatable bonds is 2. The van der Waals surface area contributed by atoms with E-state index in [2.05, 4.69) is 4.98 Å². The number of piperidine rings is 1. The topological polar surface area (TPSA) is 55.6 Å². The van der Waals surface area contributed by atoms with Crippen LogP contribution in [0.2, 0.25) is 0 Å². The van der Waals surface area contributed by atoms with Crippen LogP contribution in [0.5, 0.6) is 0 Å². The minimum atomic E-state index is -0.0944. The number of oxazole rings is 1. The van der Waals surface area contributed by atoms with Crippen molar-refractivity contribution in [3.8, 4) is 0 Å². The van der Waals surface area contributed by atoms with Crippen LogP contribution in [0.15, 0.2) is 10.8 Å². The molecule has 0 aromatic carbocycles. The smallest absolute Gasteiger partial charge is 0.276 e. The van der Waals surface area contributed by atoms with Gasteiger partial charge in [0.2, 0.25) is 0 Å². The molecule has 5 nitrogen and oxygen atoms in total. The summed E-state index contributed by atoms with van der Waals surface area (Å²) in [6, 6.07) is 0.